The van der Waals surface area contributed by atoms with Crippen LogP contribution in [0.1, 0.15) is 26.3 Å². The maximum atomic E-state index is 12.9. The molecule has 1 N–H and O–H groups in total. The van der Waals surface area contributed by atoms with Gasteiger partial charge in [-0.3, -0.25) is 9.48 Å². The van der Waals surface area contributed by atoms with Crippen molar-refractivity contribution in [2.45, 2.75) is 33.2 Å². The van der Waals surface area contributed by atoms with Gasteiger partial charge in [0.05, 0.1) is 17.4 Å². The number of hydrogen-bond acceptors (Lipinski definition) is 5. The van der Waals surface area contributed by atoms with E-state index in [1.54, 1.807) is 43.1 Å². The monoisotopic (exact) mass is 423 g/mol. The van der Waals surface area contributed by atoms with E-state index in [9.17, 15) is 13.6 Å². The van der Waals surface area contributed by atoms with Crippen LogP contribution in [0.2, 0.25) is 5.02 Å². The van der Waals surface area contributed by atoms with Gasteiger partial charge in [-0.1, -0.05) is 25.4 Å². The smallest absolute Gasteiger partial charge is 0.278 e. The number of hydrogen-bond donors (Lipinski definition) is 1. The van der Waals surface area contributed by atoms with Crippen LogP contribution in [0.25, 0.3) is 10.9 Å². The summed E-state index contributed by atoms with van der Waals surface area (Å²) in [4.78, 5) is 20.2. The lowest BCUT2D eigenvalue weighted by Crippen LogP contribution is -2.21. The lowest BCUT2D eigenvalue weighted by Gasteiger charge is -2.12. The molecule has 0 fully saturated rings. The Morgan fingerprint density at radius 3 is 2.79 bits per heavy atom. The van der Waals surface area contributed by atoms with E-state index in [0.29, 0.717) is 28.8 Å². The third-order valence-electron chi connectivity index (χ3n) is 3.92. The average Bonchev–Trinajstić information content (AvgIpc) is 3.03. The lowest BCUT2D eigenvalue weighted by atomic mass is 10.2. The number of ether oxygens (including phenoxy) is 1. The summed E-state index contributed by atoms with van der Waals surface area (Å²) in [6.07, 6.45) is 4.82. The molecule has 0 aliphatic heterocycles. The van der Waals surface area contributed by atoms with Gasteiger partial charge in [0.1, 0.15) is 10.8 Å². The lowest BCUT2D eigenvalue weighted by molar-refractivity contribution is -0.118. The summed E-state index contributed by atoms with van der Waals surface area (Å²) in [6, 6.07) is 3.33. The number of aromatic nitrogens is 4. The van der Waals surface area contributed by atoms with Crippen molar-refractivity contribution in [3.63, 3.8) is 0 Å². The molecule has 29 heavy (non-hydrogen) atoms. The highest BCUT2D eigenvalue weighted by Gasteiger charge is 2.23. The molecule has 7 nitrogen and oxygen atoms in total. The van der Waals surface area contributed by atoms with Crippen LogP contribution in [0.5, 0.6) is 5.88 Å². The first-order valence-corrected chi connectivity index (χ1v) is 9.28. The van der Waals surface area contributed by atoms with Crippen LogP contribution >= 0.6 is 11.6 Å². The minimum Gasteiger partial charge on any atom is -0.470 e. The SMILES string of the molecule is CC(C)C(=O)Nc1nccc2nn(Cc3cnc(OCC(C)(F)F)c(Cl)c3)cc12. The van der Waals surface area contributed by atoms with Crippen molar-refractivity contribution in [2.24, 2.45) is 5.92 Å². The largest absolute Gasteiger partial charge is 0.470 e. The van der Waals surface area contributed by atoms with Gasteiger partial charge in [0, 0.05) is 31.4 Å². The highest BCUT2D eigenvalue weighted by molar-refractivity contribution is 6.31. The molecule has 0 atom stereocenters. The van der Waals surface area contributed by atoms with E-state index in [-0.39, 0.29) is 22.7 Å². The van der Waals surface area contributed by atoms with Gasteiger partial charge in [-0.25, -0.2) is 18.7 Å². The van der Waals surface area contributed by atoms with Gasteiger partial charge in [-0.2, -0.15) is 5.10 Å². The molecule has 1 amide bonds. The van der Waals surface area contributed by atoms with Crippen molar-refractivity contribution in [3.05, 3.63) is 41.3 Å². The fraction of sp³-hybridized carbons (Fsp3) is 0.368. The first-order chi connectivity index (χ1) is 13.6. The maximum absolute atomic E-state index is 12.9. The standard InChI is InChI=1S/C19H20ClF2N5O2/c1-11(2)17(28)25-16-13-9-27(26-15(13)4-5-23-16)8-12-6-14(20)18(24-7-12)29-10-19(3,21)22/h4-7,9,11H,8,10H2,1-3H3,(H,23,25,28). The number of anilines is 1. The molecular formula is C19H20ClF2N5O2. The Labute approximate surface area is 171 Å². The van der Waals surface area contributed by atoms with Crippen LogP contribution < -0.4 is 10.1 Å². The molecule has 3 rings (SSSR count). The fourth-order valence-corrected chi connectivity index (χ4v) is 2.72. The fourth-order valence-electron chi connectivity index (χ4n) is 2.48. The quantitative estimate of drug-likeness (QED) is 0.617. The molecule has 3 aromatic heterocycles. The number of fused-ring (bicyclic) bond motifs is 1. The first kappa shape index (κ1) is 20.9. The van der Waals surface area contributed by atoms with Gasteiger partial charge in [-0.05, 0) is 17.7 Å². The summed E-state index contributed by atoms with van der Waals surface area (Å²) >= 11 is 6.10. The zero-order chi connectivity index (χ0) is 21.2. The second-order valence-corrected chi connectivity index (χ2v) is 7.46. The Kier molecular flexibility index (Phi) is 5.97. The van der Waals surface area contributed by atoms with Gasteiger partial charge < -0.3 is 10.1 Å². The minimum atomic E-state index is -2.98. The number of halogens is 3. The summed E-state index contributed by atoms with van der Waals surface area (Å²) in [7, 11) is 0. The van der Waals surface area contributed by atoms with E-state index in [0.717, 1.165) is 6.92 Å². The van der Waals surface area contributed by atoms with E-state index in [1.807, 2.05) is 0 Å². The second kappa shape index (κ2) is 8.28. The van der Waals surface area contributed by atoms with E-state index >= 15 is 0 Å². The van der Waals surface area contributed by atoms with Gasteiger partial charge in [-0.15, -0.1) is 0 Å². The van der Waals surface area contributed by atoms with Crippen molar-refractivity contribution in [2.75, 3.05) is 11.9 Å². The zero-order valence-corrected chi connectivity index (χ0v) is 16.9. The van der Waals surface area contributed by atoms with Crippen LogP contribution in [-0.2, 0) is 11.3 Å². The van der Waals surface area contributed by atoms with Crippen molar-refractivity contribution in [1.82, 2.24) is 19.7 Å². The molecule has 0 bridgehead atoms. The normalized spacial score (nSPS) is 11.8. The number of rotatable bonds is 7. The summed E-state index contributed by atoms with van der Waals surface area (Å²) in [5, 5.41) is 8.09. The molecule has 0 aromatic carbocycles. The molecule has 0 saturated heterocycles. The van der Waals surface area contributed by atoms with Crippen molar-refractivity contribution in [1.29, 1.82) is 0 Å². The van der Waals surface area contributed by atoms with Gasteiger partial charge in [0.25, 0.3) is 5.92 Å². The third-order valence-corrected chi connectivity index (χ3v) is 4.19. The molecule has 10 heteroatoms. The van der Waals surface area contributed by atoms with Crippen molar-refractivity contribution >= 4 is 34.2 Å². The number of nitrogens with zero attached hydrogens (tertiary/aromatic N) is 4. The Morgan fingerprint density at radius 1 is 1.38 bits per heavy atom. The molecular weight excluding hydrogens is 404 g/mol. The van der Waals surface area contributed by atoms with Gasteiger partial charge >= 0.3 is 0 Å². The van der Waals surface area contributed by atoms with E-state index < -0.39 is 12.5 Å². The van der Waals surface area contributed by atoms with E-state index in [1.165, 1.54) is 6.20 Å². The summed E-state index contributed by atoms with van der Waals surface area (Å²) in [5.41, 5.74) is 1.38. The molecule has 0 aliphatic carbocycles. The van der Waals surface area contributed by atoms with Gasteiger partial charge in [0.15, 0.2) is 6.61 Å². The molecule has 154 valence electrons. The predicted octanol–water partition coefficient (Wildman–Crippen LogP) is 4.16. The first-order valence-electron chi connectivity index (χ1n) is 8.90. The Hall–Kier alpha value is -2.81. The predicted molar refractivity (Wildman–Crippen MR) is 105 cm³/mol. The molecule has 3 aromatic rings. The van der Waals surface area contributed by atoms with E-state index in [2.05, 4.69) is 20.4 Å². The highest BCUT2D eigenvalue weighted by atomic mass is 35.5. The Bertz CT molecular complexity index is 1030. The molecule has 0 spiro atoms. The van der Waals surface area contributed by atoms with Crippen LogP contribution in [0, 0.1) is 5.92 Å². The second-order valence-electron chi connectivity index (χ2n) is 7.05. The molecule has 3 heterocycles. The molecule has 0 saturated carbocycles. The number of nitrogens with one attached hydrogen (secondary N) is 1. The Balaban J connectivity index is 1.78. The Morgan fingerprint density at radius 2 is 2.14 bits per heavy atom. The van der Waals surface area contributed by atoms with Gasteiger partial charge in [0.2, 0.25) is 11.8 Å². The third kappa shape index (κ3) is 5.38. The van der Waals surface area contributed by atoms with Crippen LogP contribution in [0.4, 0.5) is 14.6 Å². The zero-order valence-electron chi connectivity index (χ0n) is 16.1. The van der Waals surface area contributed by atoms with Crippen LogP contribution in [0.3, 0.4) is 0 Å². The number of alkyl halides is 2. The topological polar surface area (TPSA) is 81.9 Å². The minimum absolute atomic E-state index is 0.0505. The average molecular weight is 424 g/mol. The summed E-state index contributed by atoms with van der Waals surface area (Å²) in [5.74, 6) is -2.90. The van der Waals surface area contributed by atoms with Crippen LogP contribution in [0.15, 0.2) is 30.7 Å². The number of carbonyl (C=O) groups is 1. The molecule has 0 aliphatic rings. The highest BCUT2D eigenvalue weighted by Crippen LogP contribution is 2.25. The summed E-state index contributed by atoms with van der Waals surface area (Å²) < 4.78 is 32.5. The van der Waals surface area contributed by atoms with Crippen LogP contribution in [-0.4, -0.2) is 38.2 Å². The maximum Gasteiger partial charge on any atom is 0.278 e. The van der Waals surface area contributed by atoms with Crippen molar-refractivity contribution in [3.8, 4) is 5.88 Å². The molecule has 0 unspecified atom stereocenters. The number of amides is 1. The molecule has 0 radical (unpaired) electrons. The van der Waals surface area contributed by atoms with Crippen molar-refractivity contribution < 1.29 is 18.3 Å². The number of carbonyl (C=O) groups excluding carboxylic acids is 1. The summed E-state index contributed by atoms with van der Waals surface area (Å²) in [6.45, 7) is 3.88. The van der Waals surface area contributed by atoms with E-state index in [4.69, 9.17) is 16.3 Å². The number of pyridine rings is 2.